The average molecular weight is 1760 g/mol. The van der Waals surface area contributed by atoms with Gasteiger partial charge in [0.05, 0.1) is 12.2 Å². The van der Waals surface area contributed by atoms with Crippen molar-refractivity contribution < 1.29 is 56.5 Å². The van der Waals surface area contributed by atoms with Crippen LogP contribution < -0.4 is 22.9 Å². The van der Waals surface area contributed by atoms with Crippen LogP contribution in [0, 0.1) is 115 Å². The number of hydrogen-bond acceptors (Lipinski definition) is 9. The molecular weight excluding hydrogens is 1630 g/mol. The lowest BCUT2D eigenvalue weighted by atomic mass is 9.55. The first kappa shape index (κ1) is 89.3. The molecule has 0 spiro atoms. The minimum absolute atomic E-state index is 0.00746. The molecule has 0 heterocycles. The quantitative estimate of drug-likeness (QED) is 0.0504. The van der Waals surface area contributed by atoms with Crippen LogP contribution in [-0.4, -0.2) is 57.5 Å². The zero-order chi connectivity index (χ0) is 90.9. The van der Waals surface area contributed by atoms with E-state index in [1.807, 2.05) is 72.8 Å². The second-order valence-corrected chi connectivity index (χ2v) is 43.5. The number of carbonyl (C=O) groups is 6. The second kappa shape index (κ2) is 34.9. The summed E-state index contributed by atoms with van der Waals surface area (Å²) >= 11 is 0. The number of aliphatic hydroxyl groups excluding tert-OH is 2. The number of nitrogens with two attached hydrogens (primary N) is 4. The summed E-state index contributed by atoms with van der Waals surface area (Å²) in [6, 6.07) is 49.6. The van der Waals surface area contributed by atoms with Crippen LogP contribution in [0.25, 0.3) is 12.2 Å². The van der Waals surface area contributed by atoms with Crippen LogP contribution in [0.3, 0.4) is 0 Å². The lowest BCUT2D eigenvalue weighted by Crippen LogP contribution is -2.44. The van der Waals surface area contributed by atoms with Crippen LogP contribution in [-0.2, 0) is 52.9 Å². The molecule has 12 nitrogen and oxygen atoms in total. The van der Waals surface area contributed by atoms with Crippen molar-refractivity contribution in [1.82, 2.24) is 0 Å². The van der Waals surface area contributed by atoms with Crippen LogP contribution in [0.15, 0.2) is 175 Å². The smallest absolute Gasteiger partial charge is 0.248 e. The maximum absolute atomic E-state index is 13.7. The molecule has 680 valence electrons. The molecule has 130 heavy (non-hydrogen) atoms. The van der Waals surface area contributed by atoms with E-state index >= 15 is 0 Å². The number of Topliss-reactive ketones (excluding diaryl/α,β-unsaturated/α-hetero) is 3. The van der Waals surface area contributed by atoms with Crippen molar-refractivity contribution in [2.75, 3.05) is 5.73 Å². The standard InChI is InChI=1S/C26H30FNO2.C26H28FNO2.C26H26FNO2.C18H21FO.C18H23NO/c3*1-26-10-9-21-20-8-6-19(27)13-16(20)5-7-22(21)23(26)14-18(24(26)29)12-15-3-2-4-17(11-15)25(28)30;2*1-18-9-8-14-13-5-3-12(19)10-11(13)2-4-15(14)16(18)6-7-17(18)20/h2-4,6,8,11,13,18,21-24,29H,5,7,9-10,12,14H2,1H3,(H2,28,30);2-4,6,8,11-13,21-24,29H,5,7,9-10,14H2,1H3,(H2,28,30);2-4,6,8,11-13,21-23H,5,7,9-10,14H2,1H3,(H2,28,30);3,5,10,14-16H,2,4,6-9H2,1H3;3,5,10,14-16H,2,4,6-9,19H2,1H3/b;2*18-12+;;/t18-,21+,22+,23-,24-,26-;21-,22-,23+,24+,26+;21-,22-,23+,26+;2*14?,15?,16?,18-/m01100/s1. The molecule has 10 N–H and O–H groups in total. The van der Waals surface area contributed by atoms with E-state index in [-0.39, 0.29) is 68.1 Å². The maximum Gasteiger partial charge on any atom is 0.248 e. The molecule has 0 bridgehead atoms. The van der Waals surface area contributed by atoms with E-state index < -0.39 is 23.8 Å². The van der Waals surface area contributed by atoms with Crippen molar-refractivity contribution in [3.8, 4) is 0 Å². The second-order valence-electron chi connectivity index (χ2n) is 43.5. The van der Waals surface area contributed by atoms with E-state index in [9.17, 15) is 56.5 Å². The third-order valence-corrected chi connectivity index (χ3v) is 37.3. The number of halogens is 4. The molecule has 8 aromatic carbocycles. The number of ketones is 3. The zero-order valence-electron chi connectivity index (χ0n) is 76.1. The number of benzene rings is 8. The van der Waals surface area contributed by atoms with E-state index in [1.54, 1.807) is 84.9 Å². The van der Waals surface area contributed by atoms with Gasteiger partial charge in [-0.1, -0.05) is 107 Å². The molecule has 10 fully saturated rings. The Kier molecular flexibility index (Phi) is 24.0. The summed E-state index contributed by atoms with van der Waals surface area (Å²) in [5.41, 5.74) is 41.7. The molecule has 3 amide bonds. The third kappa shape index (κ3) is 16.0. The normalized spacial score (nSPS) is 35.0. The SMILES string of the molecule is C[C@]12CCC3c4ccc(F)cc4CCC3C1CCC2=O.C[C@]12CCC3c4ccc(N)cc4CCC3C1CCC2=O.C[C@]12CC[C@@H]3c4ccc(F)cc4CC[C@H]3[C@@H]1C/C(=C\c1cccc(C(N)=O)c1)C2=O.C[C@]12CC[C@@H]3c4ccc(F)cc4CC[C@H]3[C@@H]1C/C(=C\c1cccc(C(N)=O)c1)[C@@H]2O.C[C@]12CC[C@@H]3c4ccc(F)cc4CC[C@H]3[C@@H]1C[C@H](Cc1cccc(C(N)=O)c1)[C@@H]2O. The van der Waals surface area contributed by atoms with E-state index in [0.717, 1.165) is 218 Å². The Morgan fingerprint density at radius 3 is 1.22 bits per heavy atom. The highest BCUT2D eigenvalue weighted by Crippen LogP contribution is 2.67. The average Bonchev–Trinajstić information content (AvgIpc) is 1.56. The van der Waals surface area contributed by atoms with Gasteiger partial charge in [0.2, 0.25) is 17.7 Å². The van der Waals surface area contributed by atoms with Gasteiger partial charge >= 0.3 is 0 Å². The van der Waals surface area contributed by atoms with Gasteiger partial charge in [-0.05, 0) is 454 Å². The number of allylic oxidation sites excluding steroid dienone is 1. The van der Waals surface area contributed by atoms with Gasteiger partial charge in [0.25, 0.3) is 0 Å². The number of primary amides is 3. The summed E-state index contributed by atoms with van der Waals surface area (Å²) in [5, 5.41) is 22.7. The van der Waals surface area contributed by atoms with Gasteiger partial charge in [-0.3, -0.25) is 28.8 Å². The number of anilines is 1. The van der Waals surface area contributed by atoms with E-state index in [1.165, 1.54) is 57.3 Å². The fourth-order valence-corrected chi connectivity index (χ4v) is 30.6. The molecule has 23 atom stereocenters. The van der Waals surface area contributed by atoms with Crippen molar-refractivity contribution in [2.24, 2.45) is 109 Å². The predicted octanol–water partition coefficient (Wildman–Crippen LogP) is 22.4. The first-order valence-corrected chi connectivity index (χ1v) is 48.9. The number of carbonyl (C=O) groups excluding carboxylic acids is 6. The molecule has 6 unspecified atom stereocenters. The van der Waals surface area contributed by atoms with Gasteiger partial charge in [0, 0.05) is 56.9 Å². The number of fused-ring (bicyclic) bond motifs is 25. The van der Waals surface area contributed by atoms with Crippen molar-refractivity contribution >= 4 is 52.9 Å². The summed E-state index contributed by atoms with van der Waals surface area (Å²) in [6.07, 6.45) is 31.1. The minimum atomic E-state index is -0.477. The summed E-state index contributed by atoms with van der Waals surface area (Å²) in [6.45, 7) is 11.1. The molecule has 16 heteroatoms. The molecule has 15 aliphatic rings. The molecule has 8 aromatic rings. The highest BCUT2D eigenvalue weighted by molar-refractivity contribution is 6.06. The molecule has 0 radical (unpaired) electrons. The van der Waals surface area contributed by atoms with Crippen LogP contribution in [0.5, 0.6) is 0 Å². The van der Waals surface area contributed by atoms with Crippen molar-refractivity contribution in [1.29, 1.82) is 0 Å². The molecule has 10 saturated carbocycles. The lowest BCUT2D eigenvalue weighted by Gasteiger charge is -2.50. The van der Waals surface area contributed by atoms with Gasteiger partial charge in [-0.2, -0.15) is 0 Å². The van der Waals surface area contributed by atoms with Crippen LogP contribution in [0.1, 0.15) is 309 Å². The third-order valence-electron chi connectivity index (χ3n) is 37.3. The lowest BCUT2D eigenvalue weighted by molar-refractivity contribution is -0.130. The molecule has 15 aliphatic carbocycles. The summed E-state index contributed by atoms with van der Waals surface area (Å²) in [4.78, 5) is 72.5. The molecular formula is C114H128F4N4O8. The van der Waals surface area contributed by atoms with Crippen LogP contribution in [0.2, 0.25) is 0 Å². The fraction of sp³-hybridized carbons (Fsp3) is 0.491. The summed E-state index contributed by atoms with van der Waals surface area (Å²) in [5.74, 6) is 7.44. The molecule has 0 saturated heterocycles. The number of nitrogen functional groups attached to an aromatic ring is 1. The number of amides is 3. The number of hydrogen-bond donors (Lipinski definition) is 6. The Hall–Kier alpha value is -9.90. The Morgan fingerprint density at radius 2 is 0.762 bits per heavy atom. The topological polar surface area (TPSA) is 247 Å². The van der Waals surface area contributed by atoms with Crippen LogP contribution >= 0.6 is 0 Å². The number of aryl methyl sites for hydroxylation is 5. The van der Waals surface area contributed by atoms with E-state index in [4.69, 9.17) is 22.9 Å². The summed E-state index contributed by atoms with van der Waals surface area (Å²) in [7, 11) is 0. The highest BCUT2D eigenvalue weighted by atomic mass is 19.1. The van der Waals surface area contributed by atoms with Gasteiger partial charge in [-0.25, -0.2) is 17.6 Å². The molecule has 0 aromatic heterocycles. The van der Waals surface area contributed by atoms with Gasteiger partial charge in [0.15, 0.2) is 5.78 Å². The van der Waals surface area contributed by atoms with Crippen molar-refractivity contribution in [3.05, 3.63) is 287 Å². The first-order chi connectivity index (χ1) is 62.3. The van der Waals surface area contributed by atoms with Crippen molar-refractivity contribution in [2.45, 2.75) is 256 Å². The van der Waals surface area contributed by atoms with Crippen LogP contribution in [0.4, 0.5) is 23.2 Å². The number of rotatable bonds is 7. The largest absolute Gasteiger partial charge is 0.399 e. The van der Waals surface area contributed by atoms with Gasteiger partial charge in [-0.15, -0.1) is 0 Å². The van der Waals surface area contributed by atoms with Gasteiger partial charge < -0.3 is 33.1 Å². The Morgan fingerprint density at radius 1 is 0.385 bits per heavy atom. The predicted molar refractivity (Wildman–Crippen MR) is 501 cm³/mol. The Bertz CT molecular complexity index is 5790. The molecule has 0 aliphatic heterocycles. The minimum Gasteiger partial charge on any atom is -0.399 e. The fourth-order valence-electron chi connectivity index (χ4n) is 30.6. The van der Waals surface area contributed by atoms with Gasteiger partial charge in [0.1, 0.15) is 34.8 Å². The van der Waals surface area contributed by atoms with E-state index in [2.05, 4.69) is 52.8 Å². The highest BCUT2D eigenvalue weighted by Gasteiger charge is 2.62. The maximum atomic E-state index is 13.7. The Labute approximate surface area is 763 Å². The van der Waals surface area contributed by atoms with E-state index in [0.29, 0.717) is 111 Å². The van der Waals surface area contributed by atoms with Crippen molar-refractivity contribution in [3.63, 3.8) is 0 Å². The molecule has 23 rings (SSSR count). The monoisotopic (exact) mass is 1760 g/mol. The summed E-state index contributed by atoms with van der Waals surface area (Å²) < 4.78 is 54.5. The first-order valence-electron chi connectivity index (χ1n) is 48.9. The Balaban J connectivity index is 0.000000106. The zero-order valence-corrected chi connectivity index (χ0v) is 76.1. The number of aliphatic hydroxyl groups is 2.